The van der Waals surface area contributed by atoms with Crippen molar-refractivity contribution in [3.05, 3.63) is 34.5 Å². The first-order valence-electron chi connectivity index (χ1n) is 6.23. The molecule has 2 aromatic rings. The summed E-state index contributed by atoms with van der Waals surface area (Å²) in [6.07, 6.45) is 4.57. The summed E-state index contributed by atoms with van der Waals surface area (Å²) in [6, 6.07) is 7.82. The van der Waals surface area contributed by atoms with E-state index in [0.717, 1.165) is 28.3 Å². The summed E-state index contributed by atoms with van der Waals surface area (Å²) in [4.78, 5) is 12.1. The molecule has 0 bridgehead atoms. The second-order valence-corrected chi connectivity index (χ2v) is 5.57. The quantitative estimate of drug-likeness (QED) is 0.915. The number of hydrogen-bond acceptors (Lipinski definition) is 2. The minimum absolute atomic E-state index is 0.106. The molecule has 3 rings (SSSR count). The Bertz CT molecular complexity index is 584. The molecule has 0 radical (unpaired) electrons. The maximum Gasteiger partial charge on any atom is 0.287 e. The lowest BCUT2D eigenvalue weighted by Crippen LogP contribution is -2.32. The molecule has 1 saturated carbocycles. The molecule has 94 valence electrons. The van der Waals surface area contributed by atoms with Gasteiger partial charge in [-0.3, -0.25) is 4.79 Å². The number of rotatable bonds is 2. The smallest absolute Gasteiger partial charge is 0.287 e. The molecule has 3 nitrogen and oxygen atoms in total. The van der Waals surface area contributed by atoms with Crippen LogP contribution in [0.4, 0.5) is 0 Å². The molecule has 1 fully saturated rings. The predicted octanol–water partition coefficient (Wildman–Crippen LogP) is 3.87. The van der Waals surface area contributed by atoms with E-state index >= 15 is 0 Å². The predicted molar refractivity (Wildman–Crippen MR) is 73.6 cm³/mol. The minimum Gasteiger partial charge on any atom is -0.451 e. The van der Waals surface area contributed by atoms with Gasteiger partial charge in [0.1, 0.15) is 5.58 Å². The molecule has 1 heterocycles. The van der Waals surface area contributed by atoms with E-state index in [2.05, 4.69) is 21.2 Å². The molecule has 1 N–H and O–H groups in total. The van der Waals surface area contributed by atoms with Gasteiger partial charge >= 0.3 is 0 Å². The first-order chi connectivity index (χ1) is 8.74. The molecule has 1 aromatic heterocycles. The lowest BCUT2D eigenvalue weighted by atomic mass is 10.2. The van der Waals surface area contributed by atoms with Gasteiger partial charge in [-0.2, -0.15) is 0 Å². The van der Waals surface area contributed by atoms with Crippen LogP contribution >= 0.6 is 15.9 Å². The fourth-order valence-corrected chi connectivity index (χ4v) is 2.93. The van der Waals surface area contributed by atoms with E-state index in [9.17, 15) is 4.79 Å². The van der Waals surface area contributed by atoms with Gasteiger partial charge in [0, 0.05) is 15.9 Å². The van der Waals surface area contributed by atoms with Crippen LogP contribution in [0.5, 0.6) is 0 Å². The third-order valence-electron chi connectivity index (χ3n) is 3.42. The molecule has 1 aliphatic rings. The van der Waals surface area contributed by atoms with E-state index < -0.39 is 0 Å². The topological polar surface area (TPSA) is 42.2 Å². The lowest BCUT2D eigenvalue weighted by molar-refractivity contribution is 0.0912. The van der Waals surface area contributed by atoms with Crippen LogP contribution in [0.2, 0.25) is 0 Å². The van der Waals surface area contributed by atoms with Gasteiger partial charge < -0.3 is 9.73 Å². The molecule has 1 amide bonds. The Balaban J connectivity index is 1.85. The van der Waals surface area contributed by atoms with Crippen LogP contribution in [0.3, 0.4) is 0 Å². The van der Waals surface area contributed by atoms with E-state index in [-0.39, 0.29) is 5.91 Å². The summed E-state index contributed by atoms with van der Waals surface area (Å²) in [5.41, 5.74) is 0.737. The average molecular weight is 308 g/mol. The largest absolute Gasteiger partial charge is 0.451 e. The molecule has 0 spiro atoms. The third-order valence-corrected chi connectivity index (χ3v) is 4.11. The normalized spacial score (nSPS) is 16.3. The third kappa shape index (κ3) is 2.17. The Labute approximate surface area is 114 Å². The summed E-state index contributed by atoms with van der Waals surface area (Å²) in [7, 11) is 0. The zero-order valence-electron chi connectivity index (χ0n) is 9.91. The summed E-state index contributed by atoms with van der Waals surface area (Å²) < 4.78 is 6.53. The highest BCUT2D eigenvalue weighted by molar-refractivity contribution is 9.10. The number of nitrogens with one attached hydrogen (secondary N) is 1. The second kappa shape index (κ2) is 4.76. The van der Waals surface area contributed by atoms with E-state index in [1.807, 2.05) is 18.2 Å². The SMILES string of the molecule is O=C(NC1CCCC1)c1cc2c(Br)cccc2o1. The molecule has 0 atom stereocenters. The van der Waals surface area contributed by atoms with Crippen molar-refractivity contribution < 1.29 is 9.21 Å². The molecule has 0 aliphatic heterocycles. The highest BCUT2D eigenvalue weighted by Crippen LogP contribution is 2.27. The van der Waals surface area contributed by atoms with Gasteiger partial charge in [0.05, 0.1) is 0 Å². The van der Waals surface area contributed by atoms with Crippen molar-refractivity contribution in [2.45, 2.75) is 31.7 Å². The van der Waals surface area contributed by atoms with Gasteiger partial charge in [0.25, 0.3) is 5.91 Å². The summed E-state index contributed by atoms with van der Waals surface area (Å²) >= 11 is 3.46. The van der Waals surface area contributed by atoms with Crippen molar-refractivity contribution >= 4 is 32.8 Å². The Kier molecular flexibility index (Phi) is 3.12. The maximum atomic E-state index is 12.1. The Hall–Kier alpha value is -1.29. The number of hydrogen-bond donors (Lipinski definition) is 1. The Morgan fingerprint density at radius 3 is 2.83 bits per heavy atom. The zero-order chi connectivity index (χ0) is 12.5. The summed E-state index contributed by atoms with van der Waals surface area (Å²) in [5.74, 6) is 0.286. The highest BCUT2D eigenvalue weighted by atomic mass is 79.9. The van der Waals surface area contributed by atoms with Crippen LogP contribution in [0.1, 0.15) is 36.2 Å². The number of carbonyl (C=O) groups is 1. The standard InChI is InChI=1S/C14H14BrNO2/c15-11-6-3-7-12-10(11)8-13(18-12)14(17)16-9-4-1-2-5-9/h3,6-9H,1-2,4-5H2,(H,16,17). The molecule has 18 heavy (non-hydrogen) atoms. The Morgan fingerprint density at radius 1 is 1.33 bits per heavy atom. The number of halogens is 1. The van der Waals surface area contributed by atoms with Crippen molar-refractivity contribution in [3.8, 4) is 0 Å². The van der Waals surface area contributed by atoms with Gasteiger partial charge in [-0.1, -0.05) is 34.8 Å². The fraction of sp³-hybridized carbons (Fsp3) is 0.357. The van der Waals surface area contributed by atoms with E-state index in [1.165, 1.54) is 12.8 Å². The van der Waals surface area contributed by atoms with Gasteiger partial charge in [0.15, 0.2) is 5.76 Å². The number of benzene rings is 1. The van der Waals surface area contributed by atoms with Gasteiger partial charge in [-0.25, -0.2) is 0 Å². The number of carbonyl (C=O) groups excluding carboxylic acids is 1. The summed E-state index contributed by atoms with van der Waals surface area (Å²) in [5, 5.41) is 3.97. The zero-order valence-corrected chi connectivity index (χ0v) is 11.5. The maximum absolute atomic E-state index is 12.1. The average Bonchev–Trinajstić information content (AvgIpc) is 2.97. The van der Waals surface area contributed by atoms with Gasteiger partial charge in [0.2, 0.25) is 0 Å². The van der Waals surface area contributed by atoms with Crippen LogP contribution in [0.25, 0.3) is 11.0 Å². The van der Waals surface area contributed by atoms with Crippen molar-refractivity contribution in [2.75, 3.05) is 0 Å². The van der Waals surface area contributed by atoms with E-state index in [4.69, 9.17) is 4.42 Å². The van der Waals surface area contributed by atoms with Crippen LogP contribution < -0.4 is 5.32 Å². The molecule has 0 unspecified atom stereocenters. The van der Waals surface area contributed by atoms with E-state index in [1.54, 1.807) is 6.07 Å². The first-order valence-corrected chi connectivity index (χ1v) is 7.02. The van der Waals surface area contributed by atoms with Crippen LogP contribution in [-0.4, -0.2) is 11.9 Å². The first kappa shape index (κ1) is 11.8. The number of amides is 1. The van der Waals surface area contributed by atoms with Crippen LogP contribution in [-0.2, 0) is 0 Å². The number of fused-ring (bicyclic) bond motifs is 1. The summed E-state index contributed by atoms with van der Waals surface area (Å²) in [6.45, 7) is 0. The number of furan rings is 1. The van der Waals surface area contributed by atoms with Crippen LogP contribution in [0, 0.1) is 0 Å². The Morgan fingerprint density at radius 2 is 2.11 bits per heavy atom. The molecular weight excluding hydrogens is 294 g/mol. The van der Waals surface area contributed by atoms with Crippen molar-refractivity contribution in [1.82, 2.24) is 5.32 Å². The van der Waals surface area contributed by atoms with Gasteiger partial charge in [-0.05, 0) is 31.0 Å². The lowest BCUT2D eigenvalue weighted by Gasteiger charge is -2.09. The van der Waals surface area contributed by atoms with Crippen molar-refractivity contribution in [3.63, 3.8) is 0 Å². The van der Waals surface area contributed by atoms with E-state index in [0.29, 0.717) is 11.8 Å². The van der Waals surface area contributed by atoms with Gasteiger partial charge in [-0.15, -0.1) is 0 Å². The fourth-order valence-electron chi connectivity index (χ4n) is 2.46. The molecule has 1 aromatic carbocycles. The minimum atomic E-state index is -0.106. The second-order valence-electron chi connectivity index (χ2n) is 4.72. The van der Waals surface area contributed by atoms with Crippen molar-refractivity contribution in [1.29, 1.82) is 0 Å². The molecular formula is C14H14BrNO2. The molecule has 1 aliphatic carbocycles. The highest BCUT2D eigenvalue weighted by Gasteiger charge is 2.20. The van der Waals surface area contributed by atoms with Crippen LogP contribution in [0.15, 0.2) is 33.2 Å². The molecule has 0 saturated heterocycles. The monoisotopic (exact) mass is 307 g/mol. The molecule has 4 heteroatoms. The van der Waals surface area contributed by atoms with Crippen molar-refractivity contribution in [2.24, 2.45) is 0 Å².